The van der Waals surface area contributed by atoms with Gasteiger partial charge in [-0.2, -0.15) is 0 Å². The Morgan fingerprint density at radius 2 is 2.09 bits per heavy atom. The zero-order valence-corrected chi connectivity index (χ0v) is 13.2. The van der Waals surface area contributed by atoms with Crippen LogP contribution in [0.15, 0.2) is 24.3 Å². The van der Waals surface area contributed by atoms with E-state index in [2.05, 4.69) is 22.2 Å². The number of aliphatic hydroxyl groups is 1. The van der Waals surface area contributed by atoms with Gasteiger partial charge in [-0.1, -0.05) is 0 Å². The summed E-state index contributed by atoms with van der Waals surface area (Å²) in [5.74, 6) is 0.817. The Bertz CT molecular complexity index is 652. The molecule has 0 radical (unpaired) electrons. The third kappa shape index (κ3) is 3.15. The maximum atomic E-state index is 9.44. The topological polar surface area (TPSA) is 57.6 Å². The van der Waals surface area contributed by atoms with Crippen LogP contribution in [0, 0.1) is 0 Å². The first-order valence-electron chi connectivity index (χ1n) is 7.73. The molecule has 2 aromatic rings. The van der Waals surface area contributed by atoms with Crippen molar-refractivity contribution < 1.29 is 9.84 Å². The maximum Gasteiger partial charge on any atom is 0.119 e. The summed E-state index contributed by atoms with van der Waals surface area (Å²) in [6.45, 7) is 2.16. The van der Waals surface area contributed by atoms with E-state index < -0.39 is 0 Å². The van der Waals surface area contributed by atoms with Gasteiger partial charge in [0.05, 0.1) is 24.9 Å². The first kappa shape index (κ1) is 15.1. The highest BCUT2D eigenvalue weighted by Gasteiger charge is 2.18. The zero-order valence-electron chi connectivity index (χ0n) is 13.2. The third-order valence-corrected chi connectivity index (χ3v) is 4.31. The van der Waals surface area contributed by atoms with Gasteiger partial charge in [-0.15, -0.1) is 0 Å². The van der Waals surface area contributed by atoms with Gasteiger partial charge in [0.1, 0.15) is 5.75 Å². The van der Waals surface area contributed by atoms with Crippen molar-refractivity contribution in [2.75, 3.05) is 32.6 Å². The van der Waals surface area contributed by atoms with Crippen LogP contribution in [-0.2, 0) is 6.61 Å². The molecule has 1 aromatic heterocycles. The third-order valence-electron chi connectivity index (χ3n) is 4.31. The van der Waals surface area contributed by atoms with E-state index in [1.807, 2.05) is 24.3 Å². The fourth-order valence-corrected chi connectivity index (χ4v) is 2.96. The molecule has 0 bridgehead atoms. The number of fused-ring (bicyclic) bond motifs is 1. The highest BCUT2D eigenvalue weighted by Crippen LogP contribution is 2.29. The van der Waals surface area contributed by atoms with Gasteiger partial charge in [-0.3, -0.25) is 4.98 Å². The molecule has 0 amide bonds. The number of ether oxygens (including phenoxy) is 1. The SMILES string of the molecule is COc1ccc2nc(CO)cc(NC3CCN(C)CC3)c2c1. The Balaban J connectivity index is 1.94. The van der Waals surface area contributed by atoms with E-state index in [-0.39, 0.29) is 6.61 Å². The fraction of sp³-hybridized carbons (Fsp3) is 0.471. The molecule has 1 aliphatic heterocycles. The minimum Gasteiger partial charge on any atom is -0.497 e. The van der Waals surface area contributed by atoms with Crippen LogP contribution in [0.2, 0.25) is 0 Å². The van der Waals surface area contributed by atoms with Gasteiger partial charge >= 0.3 is 0 Å². The smallest absolute Gasteiger partial charge is 0.119 e. The van der Waals surface area contributed by atoms with E-state index in [9.17, 15) is 5.11 Å². The van der Waals surface area contributed by atoms with Crippen LogP contribution in [-0.4, -0.2) is 48.3 Å². The molecule has 2 N–H and O–H groups in total. The summed E-state index contributed by atoms with van der Waals surface area (Å²) >= 11 is 0. The molecule has 0 unspecified atom stereocenters. The van der Waals surface area contributed by atoms with Gasteiger partial charge in [0.15, 0.2) is 0 Å². The number of rotatable bonds is 4. The Labute approximate surface area is 130 Å². The summed E-state index contributed by atoms with van der Waals surface area (Å²) in [5, 5.41) is 14.1. The van der Waals surface area contributed by atoms with Crippen molar-refractivity contribution in [3.8, 4) is 5.75 Å². The first-order chi connectivity index (χ1) is 10.7. The molecule has 0 spiro atoms. The van der Waals surface area contributed by atoms with Crippen LogP contribution in [0.25, 0.3) is 10.9 Å². The lowest BCUT2D eigenvalue weighted by molar-refractivity contribution is 0.264. The Hall–Kier alpha value is -1.85. The molecule has 22 heavy (non-hydrogen) atoms. The van der Waals surface area contributed by atoms with Gasteiger partial charge in [-0.25, -0.2) is 0 Å². The second-order valence-corrected chi connectivity index (χ2v) is 5.92. The number of hydrogen-bond donors (Lipinski definition) is 2. The van der Waals surface area contributed by atoms with E-state index in [1.54, 1.807) is 7.11 Å². The van der Waals surface area contributed by atoms with Gasteiger partial charge in [0.2, 0.25) is 0 Å². The van der Waals surface area contributed by atoms with Crippen molar-refractivity contribution in [3.63, 3.8) is 0 Å². The summed E-state index contributed by atoms with van der Waals surface area (Å²) in [5.41, 5.74) is 2.60. The van der Waals surface area contributed by atoms with Gasteiger partial charge in [0.25, 0.3) is 0 Å². The number of methoxy groups -OCH3 is 1. The molecule has 3 rings (SSSR count). The van der Waals surface area contributed by atoms with Crippen molar-refractivity contribution in [2.24, 2.45) is 0 Å². The van der Waals surface area contributed by atoms with Gasteiger partial charge in [0, 0.05) is 17.1 Å². The van der Waals surface area contributed by atoms with E-state index in [0.717, 1.165) is 48.3 Å². The highest BCUT2D eigenvalue weighted by atomic mass is 16.5. The van der Waals surface area contributed by atoms with Crippen molar-refractivity contribution in [2.45, 2.75) is 25.5 Å². The van der Waals surface area contributed by atoms with Crippen LogP contribution in [0.5, 0.6) is 5.75 Å². The Morgan fingerprint density at radius 1 is 1.32 bits per heavy atom. The molecule has 5 nitrogen and oxygen atoms in total. The van der Waals surface area contributed by atoms with Crippen molar-refractivity contribution in [1.29, 1.82) is 0 Å². The average molecular weight is 301 g/mol. The molecule has 0 aliphatic carbocycles. The minimum atomic E-state index is -0.0515. The Morgan fingerprint density at radius 3 is 2.77 bits per heavy atom. The van der Waals surface area contributed by atoms with Gasteiger partial charge in [-0.05, 0) is 57.2 Å². The highest BCUT2D eigenvalue weighted by molar-refractivity contribution is 5.92. The monoisotopic (exact) mass is 301 g/mol. The number of aliphatic hydroxyl groups excluding tert-OH is 1. The summed E-state index contributed by atoms with van der Waals surface area (Å²) in [4.78, 5) is 6.83. The molecule has 1 fully saturated rings. The van der Waals surface area contributed by atoms with Crippen LogP contribution in [0.3, 0.4) is 0 Å². The average Bonchev–Trinajstić information content (AvgIpc) is 2.56. The summed E-state index contributed by atoms with van der Waals surface area (Å²) in [6, 6.07) is 8.24. The molecule has 1 aromatic carbocycles. The normalized spacial score (nSPS) is 16.9. The molecule has 5 heteroatoms. The number of hydrogen-bond acceptors (Lipinski definition) is 5. The number of aromatic nitrogens is 1. The van der Waals surface area contributed by atoms with Crippen molar-refractivity contribution in [1.82, 2.24) is 9.88 Å². The van der Waals surface area contributed by atoms with E-state index in [1.165, 1.54) is 0 Å². The molecular formula is C17H23N3O2. The van der Waals surface area contributed by atoms with Crippen molar-refractivity contribution in [3.05, 3.63) is 30.0 Å². The first-order valence-corrected chi connectivity index (χ1v) is 7.73. The number of anilines is 1. The zero-order chi connectivity index (χ0) is 15.5. The lowest BCUT2D eigenvalue weighted by Crippen LogP contribution is -2.36. The number of piperidine rings is 1. The predicted molar refractivity (Wildman–Crippen MR) is 88.4 cm³/mol. The molecule has 1 aliphatic rings. The number of benzene rings is 1. The lowest BCUT2D eigenvalue weighted by Gasteiger charge is -2.30. The second kappa shape index (κ2) is 6.50. The minimum absolute atomic E-state index is 0.0515. The second-order valence-electron chi connectivity index (χ2n) is 5.92. The van der Waals surface area contributed by atoms with Gasteiger partial charge < -0.3 is 20.1 Å². The quantitative estimate of drug-likeness (QED) is 0.907. The molecule has 118 valence electrons. The largest absolute Gasteiger partial charge is 0.497 e. The summed E-state index contributed by atoms with van der Waals surface area (Å²) in [7, 11) is 3.83. The number of nitrogens with one attached hydrogen (secondary N) is 1. The Kier molecular flexibility index (Phi) is 4.45. The standard InChI is InChI=1S/C17H23N3O2/c1-20-7-5-12(6-8-20)18-17-9-13(11-21)19-16-4-3-14(22-2)10-15(16)17/h3-4,9-10,12,21H,5-8,11H2,1-2H3,(H,18,19). The van der Waals surface area contributed by atoms with Crippen LogP contribution >= 0.6 is 0 Å². The maximum absolute atomic E-state index is 9.44. The van der Waals surface area contributed by atoms with Crippen LogP contribution < -0.4 is 10.1 Å². The fourth-order valence-electron chi connectivity index (χ4n) is 2.96. The molecule has 1 saturated heterocycles. The molecule has 0 saturated carbocycles. The van der Waals surface area contributed by atoms with E-state index in [0.29, 0.717) is 11.7 Å². The summed E-state index contributed by atoms with van der Waals surface area (Å²) < 4.78 is 5.33. The summed E-state index contributed by atoms with van der Waals surface area (Å²) in [6.07, 6.45) is 2.25. The number of nitrogens with zero attached hydrogens (tertiary/aromatic N) is 2. The number of likely N-dealkylation sites (tertiary alicyclic amines) is 1. The van der Waals surface area contributed by atoms with Crippen LogP contribution in [0.1, 0.15) is 18.5 Å². The predicted octanol–water partition coefficient (Wildman–Crippen LogP) is 2.24. The van der Waals surface area contributed by atoms with Crippen molar-refractivity contribution >= 4 is 16.6 Å². The molecule has 0 atom stereocenters. The van der Waals surface area contributed by atoms with E-state index >= 15 is 0 Å². The van der Waals surface area contributed by atoms with E-state index in [4.69, 9.17) is 4.74 Å². The molecular weight excluding hydrogens is 278 g/mol. The lowest BCUT2D eigenvalue weighted by atomic mass is 10.0. The van der Waals surface area contributed by atoms with Crippen LogP contribution in [0.4, 0.5) is 5.69 Å². The number of pyridine rings is 1. The molecule has 2 heterocycles.